The number of hydrogen-bond donors (Lipinski definition) is 2. The van der Waals surface area contributed by atoms with Crippen molar-refractivity contribution in [2.75, 3.05) is 11.9 Å². The highest BCUT2D eigenvalue weighted by Crippen LogP contribution is 2.15. The fraction of sp³-hybridized carbons (Fsp3) is 0.278. The molecule has 0 spiro atoms. The third-order valence-corrected chi connectivity index (χ3v) is 4.34. The highest BCUT2D eigenvalue weighted by molar-refractivity contribution is 5.95. The summed E-state index contributed by atoms with van der Waals surface area (Å²) >= 11 is 0. The van der Waals surface area contributed by atoms with Crippen LogP contribution in [0.1, 0.15) is 24.2 Å². The van der Waals surface area contributed by atoms with Gasteiger partial charge in [-0.1, -0.05) is 18.2 Å². The van der Waals surface area contributed by atoms with Crippen LogP contribution >= 0.6 is 24.8 Å². The Kier molecular flexibility index (Phi) is 6.97. The number of fused-ring (bicyclic) bond motifs is 1. The molecule has 3 aromatic rings. The smallest absolute Gasteiger partial charge is 0.241 e. The molecule has 0 saturated carbocycles. The van der Waals surface area contributed by atoms with Gasteiger partial charge in [-0.3, -0.25) is 9.20 Å². The molecule has 6 nitrogen and oxygen atoms in total. The van der Waals surface area contributed by atoms with Crippen molar-refractivity contribution in [3.8, 4) is 0 Å². The Labute approximate surface area is 164 Å². The summed E-state index contributed by atoms with van der Waals surface area (Å²) in [5.41, 5.74) is 2.80. The first-order chi connectivity index (χ1) is 11.8. The molecule has 2 N–H and O–H groups in total. The van der Waals surface area contributed by atoms with Gasteiger partial charge in [-0.05, 0) is 49.2 Å². The summed E-state index contributed by atoms with van der Waals surface area (Å²) in [5, 5.41) is 14.6. The molecular formula is C18H21Cl2N5O. The monoisotopic (exact) mass is 393 g/mol. The van der Waals surface area contributed by atoms with Crippen LogP contribution in [-0.4, -0.2) is 33.1 Å². The SMILES string of the molecule is Cl.Cl.O=C(Nc1ccc(Cc2nnc3ccccn23)cc1)C1CCCN1. The van der Waals surface area contributed by atoms with E-state index in [1.807, 2.05) is 53.1 Å². The molecule has 1 amide bonds. The minimum Gasteiger partial charge on any atom is -0.325 e. The number of aromatic nitrogens is 3. The Morgan fingerprint density at radius 3 is 2.69 bits per heavy atom. The fourth-order valence-electron chi connectivity index (χ4n) is 3.04. The van der Waals surface area contributed by atoms with Crippen LogP contribution in [-0.2, 0) is 11.2 Å². The number of nitrogens with one attached hydrogen (secondary N) is 2. The second-order valence-electron chi connectivity index (χ2n) is 6.06. The molecule has 1 unspecified atom stereocenters. The molecule has 1 aromatic carbocycles. The molecule has 1 aliphatic heterocycles. The van der Waals surface area contributed by atoms with E-state index in [2.05, 4.69) is 20.8 Å². The van der Waals surface area contributed by atoms with Gasteiger partial charge in [-0.15, -0.1) is 35.0 Å². The third kappa shape index (κ3) is 4.33. The van der Waals surface area contributed by atoms with Gasteiger partial charge in [0, 0.05) is 18.3 Å². The average Bonchev–Trinajstić information content (AvgIpc) is 3.27. The first-order valence-electron chi connectivity index (χ1n) is 8.21. The van der Waals surface area contributed by atoms with Gasteiger partial charge in [0.25, 0.3) is 0 Å². The van der Waals surface area contributed by atoms with Gasteiger partial charge in [0.05, 0.1) is 6.04 Å². The van der Waals surface area contributed by atoms with E-state index in [1.165, 1.54) is 0 Å². The first kappa shape index (κ1) is 20.2. The van der Waals surface area contributed by atoms with Crippen LogP contribution in [0.4, 0.5) is 5.69 Å². The molecule has 8 heteroatoms. The molecule has 138 valence electrons. The normalized spacial score (nSPS) is 15.9. The summed E-state index contributed by atoms with van der Waals surface area (Å²) in [5.74, 6) is 0.946. The van der Waals surface area contributed by atoms with Crippen molar-refractivity contribution in [3.63, 3.8) is 0 Å². The lowest BCUT2D eigenvalue weighted by Crippen LogP contribution is -2.35. The van der Waals surface area contributed by atoms with Crippen molar-refractivity contribution in [1.29, 1.82) is 0 Å². The van der Waals surface area contributed by atoms with Gasteiger partial charge in [-0.2, -0.15) is 0 Å². The Balaban J connectivity index is 0.00000121. The molecule has 2 aromatic heterocycles. The number of nitrogens with zero attached hydrogens (tertiary/aromatic N) is 3. The largest absolute Gasteiger partial charge is 0.325 e. The molecule has 1 fully saturated rings. The molecule has 0 bridgehead atoms. The summed E-state index contributed by atoms with van der Waals surface area (Å²) in [6.07, 6.45) is 4.63. The van der Waals surface area contributed by atoms with Crippen molar-refractivity contribution in [2.45, 2.75) is 25.3 Å². The summed E-state index contributed by atoms with van der Waals surface area (Å²) in [6, 6.07) is 13.7. The van der Waals surface area contributed by atoms with Crippen molar-refractivity contribution < 1.29 is 4.79 Å². The zero-order valence-corrected chi connectivity index (χ0v) is 15.7. The van der Waals surface area contributed by atoms with Crippen LogP contribution in [0, 0.1) is 0 Å². The summed E-state index contributed by atoms with van der Waals surface area (Å²) in [6.45, 7) is 0.920. The van der Waals surface area contributed by atoms with Gasteiger partial charge in [0.2, 0.25) is 5.91 Å². The topological polar surface area (TPSA) is 71.3 Å². The quantitative estimate of drug-likeness (QED) is 0.714. The maximum Gasteiger partial charge on any atom is 0.241 e. The second-order valence-corrected chi connectivity index (χ2v) is 6.06. The lowest BCUT2D eigenvalue weighted by Gasteiger charge is -2.11. The van der Waals surface area contributed by atoms with Crippen molar-refractivity contribution in [3.05, 3.63) is 60.0 Å². The lowest BCUT2D eigenvalue weighted by molar-refractivity contribution is -0.117. The second kappa shape index (κ2) is 8.98. The predicted octanol–water partition coefficient (Wildman–Crippen LogP) is 2.85. The highest BCUT2D eigenvalue weighted by atomic mass is 35.5. The minimum atomic E-state index is -0.0629. The van der Waals surface area contributed by atoms with E-state index in [0.29, 0.717) is 6.42 Å². The molecule has 4 rings (SSSR count). The van der Waals surface area contributed by atoms with E-state index in [4.69, 9.17) is 0 Å². The lowest BCUT2D eigenvalue weighted by atomic mass is 10.1. The van der Waals surface area contributed by atoms with Gasteiger partial charge >= 0.3 is 0 Å². The van der Waals surface area contributed by atoms with Crippen LogP contribution in [0.2, 0.25) is 0 Å². The number of amides is 1. The summed E-state index contributed by atoms with van der Waals surface area (Å²) < 4.78 is 1.99. The van der Waals surface area contributed by atoms with Gasteiger partial charge in [-0.25, -0.2) is 0 Å². The predicted molar refractivity (Wildman–Crippen MR) is 106 cm³/mol. The van der Waals surface area contributed by atoms with Gasteiger partial charge in [0.15, 0.2) is 5.65 Å². The maximum absolute atomic E-state index is 12.1. The van der Waals surface area contributed by atoms with Crippen molar-refractivity contribution in [1.82, 2.24) is 19.9 Å². The van der Waals surface area contributed by atoms with E-state index in [9.17, 15) is 4.79 Å². The average molecular weight is 394 g/mol. The zero-order valence-electron chi connectivity index (χ0n) is 14.1. The molecule has 3 heterocycles. The highest BCUT2D eigenvalue weighted by Gasteiger charge is 2.21. The van der Waals surface area contributed by atoms with Crippen LogP contribution in [0.25, 0.3) is 5.65 Å². The summed E-state index contributed by atoms with van der Waals surface area (Å²) in [7, 11) is 0. The first-order valence-corrected chi connectivity index (χ1v) is 8.21. The van der Waals surface area contributed by atoms with Gasteiger partial charge in [0.1, 0.15) is 5.82 Å². The van der Waals surface area contributed by atoms with Crippen LogP contribution < -0.4 is 10.6 Å². The van der Waals surface area contributed by atoms with Crippen LogP contribution in [0.15, 0.2) is 48.7 Å². The molecule has 1 saturated heterocycles. The Morgan fingerprint density at radius 2 is 1.96 bits per heavy atom. The Hall–Kier alpha value is -2.15. The number of carbonyl (C=O) groups is 1. The number of carbonyl (C=O) groups excluding carboxylic acids is 1. The standard InChI is InChI=1S/C18H19N5O.2ClH/c24-18(15-4-3-10-19-15)20-14-8-6-13(7-9-14)12-17-22-21-16-5-1-2-11-23(16)17;;/h1-2,5-9,11,15,19H,3-4,10,12H2,(H,20,24);2*1H. The molecular weight excluding hydrogens is 373 g/mol. The van der Waals surface area contributed by atoms with Crippen LogP contribution in [0.3, 0.4) is 0 Å². The van der Waals surface area contributed by atoms with E-state index in [0.717, 1.165) is 42.1 Å². The van der Waals surface area contributed by atoms with Crippen molar-refractivity contribution in [2.24, 2.45) is 0 Å². The fourth-order valence-corrected chi connectivity index (χ4v) is 3.04. The number of rotatable bonds is 4. The molecule has 26 heavy (non-hydrogen) atoms. The van der Waals surface area contributed by atoms with Gasteiger partial charge < -0.3 is 10.6 Å². The minimum absolute atomic E-state index is 0. The van der Waals surface area contributed by atoms with E-state index < -0.39 is 0 Å². The Bertz CT molecular complexity index is 859. The van der Waals surface area contributed by atoms with Crippen molar-refractivity contribution >= 4 is 42.1 Å². The number of anilines is 1. The number of hydrogen-bond acceptors (Lipinski definition) is 4. The molecule has 0 radical (unpaired) electrons. The maximum atomic E-state index is 12.1. The Morgan fingerprint density at radius 1 is 1.15 bits per heavy atom. The summed E-state index contributed by atoms with van der Waals surface area (Å²) in [4.78, 5) is 12.1. The van der Waals surface area contributed by atoms with E-state index in [1.54, 1.807) is 0 Å². The number of halogens is 2. The third-order valence-electron chi connectivity index (χ3n) is 4.34. The molecule has 1 aliphatic rings. The zero-order chi connectivity index (χ0) is 16.4. The number of pyridine rings is 1. The van der Waals surface area contributed by atoms with E-state index in [-0.39, 0.29) is 36.8 Å². The van der Waals surface area contributed by atoms with Crippen LogP contribution in [0.5, 0.6) is 0 Å². The molecule has 0 aliphatic carbocycles. The van der Waals surface area contributed by atoms with E-state index >= 15 is 0 Å². The molecule has 1 atom stereocenters. The number of benzene rings is 1.